The van der Waals surface area contributed by atoms with Gasteiger partial charge in [0.1, 0.15) is 17.6 Å². The van der Waals surface area contributed by atoms with Crippen molar-refractivity contribution in [3.63, 3.8) is 0 Å². The maximum absolute atomic E-state index is 12.6. The number of benzene rings is 2. The van der Waals surface area contributed by atoms with Crippen molar-refractivity contribution in [2.45, 2.75) is 57.7 Å². The van der Waals surface area contributed by atoms with Gasteiger partial charge in [-0.05, 0) is 94.0 Å². The molecule has 0 saturated carbocycles. The fourth-order valence-corrected chi connectivity index (χ4v) is 4.26. The van der Waals surface area contributed by atoms with Crippen molar-refractivity contribution in [3.05, 3.63) is 53.6 Å². The summed E-state index contributed by atoms with van der Waals surface area (Å²) in [5.41, 5.74) is 3.37. The Bertz CT molecular complexity index is 857. The van der Waals surface area contributed by atoms with Gasteiger partial charge in [0.15, 0.2) is 6.10 Å². The fraction of sp³-hybridized carbons (Fsp3) is 0.480. The van der Waals surface area contributed by atoms with Crippen LogP contribution in [0.3, 0.4) is 0 Å². The van der Waals surface area contributed by atoms with Crippen LogP contribution in [0.1, 0.15) is 43.7 Å². The van der Waals surface area contributed by atoms with Gasteiger partial charge in [-0.15, -0.1) is 0 Å². The van der Waals surface area contributed by atoms with Crippen LogP contribution in [0, 0.1) is 0 Å². The van der Waals surface area contributed by atoms with E-state index in [1.165, 1.54) is 24.0 Å². The smallest absolute Gasteiger partial charge is 0.265 e. The minimum atomic E-state index is -0.561. The van der Waals surface area contributed by atoms with Crippen LogP contribution in [0.25, 0.3) is 0 Å². The van der Waals surface area contributed by atoms with Crippen LogP contribution in [-0.2, 0) is 17.6 Å². The molecule has 30 heavy (non-hydrogen) atoms. The molecule has 0 aromatic heterocycles. The van der Waals surface area contributed by atoms with Gasteiger partial charge in [-0.3, -0.25) is 4.79 Å². The molecule has 2 aromatic carbocycles. The number of aryl methyl sites for hydroxylation is 1. The lowest BCUT2D eigenvalue weighted by Gasteiger charge is -2.29. The number of piperidine rings is 1. The number of fused-ring (bicyclic) bond motifs is 1. The van der Waals surface area contributed by atoms with Crippen molar-refractivity contribution in [2.75, 3.05) is 25.5 Å². The first-order valence-electron chi connectivity index (χ1n) is 11.1. The Balaban J connectivity index is 1.31. The molecule has 1 saturated heterocycles. The monoisotopic (exact) mass is 408 g/mol. The summed E-state index contributed by atoms with van der Waals surface area (Å²) in [4.78, 5) is 15.0. The maximum atomic E-state index is 12.6. The van der Waals surface area contributed by atoms with Crippen LogP contribution in [0.2, 0.25) is 0 Å². The molecule has 1 aliphatic heterocycles. The van der Waals surface area contributed by atoms with Crippen LogP contribution in [0.4, 0.5) is 5.69 Å². The molecule has 160 valence electrons. The van der Waals surface area contributed by atoms with Crippen LogP contribution in [0.5, 0.6) is 11.5 Å². The van der Waals surface area contributed by atoms with Crippen LogP contribution >= 0.6 is 0 Å². The average Bonchev–Trinajstić information content (AvgIpc) is 2.77. The van der Waals surface area contributed by atoms with Gasteiger partial charge in [-0.25, -0.2) is 0 Å². The third-order valence-electron chi connectivity index (χ3n) is 6.12. The summed E-state index contributed by atoms with van der Waals surface area (Å²) < 4.78 is 12.1. The first-order valence-corrected chi connectivity index (χ1v) is 11.1. The SMILES string of the molecule is C[C@H](Oc1cccc2c1CCCC2)C(=O)Nc1ccc(OC2CCN(C)CC2)cc1. The molecule has 0 radical (unpaired) electrons. The zero-order valence-electron chi connectivity index (χ0n) is 18.0. The van der Waals surface area contributed by atoms with Crippen LogP contribution in [0.15, 0.2) is 42.5 Å². The highest BCUT2D eigenvalue weighted by Crippen LogP contribution is 2.30. The van der Waals surface area contributed by atoms with Gasteiger partial charge in [-0.1, -0.05) is 12.1 Å². The number of likely N-dealkylation sites (tertiary alicyclic amines) is 1. The largest absolute Gasteiger partial charge is 0.490 e. The Labute approximate surface area is 179 Å². The predicted octanol–water partition coefficient (Wildman–Crippen LogP) is 4.44. The standard InChI is InChI=1S/C25H32N2O3/c1-18(29-24-9-5-7-19-6-3-4-8-23(19)24)25(28)26-20-10-12-21(13-11-20)30-22-14-16-27(2)17-15-22/h5,7,9-13,18,22H,3-4,6,8,14-17H2,1-2H3,(H,26,28)/t18-/m0/s1. The molecule has 0 unspecified atom stereocenters. The number of carbonyl (C=O) groups excluding carboxylic acids is 1. The van der Waals surface area contributed by atoms with Crippen LogP contribution in [-0.4, -0.2) is 43.2 Å². The summed E-state index contributed by atoms with van der Waals surface area (Å²) in [6.45, 7) is 3.94. The summed E-state index contributed by atoms with van der Waals surface area (Å²) in [6, 6.07) is 13.8. The Morgan fingerprint density at radius 2 is 1.80 bits per heavy atom. The molecular weight excluding hydrogens is 376 g/mol. The zero-order chi connectivity index (χ0) is 20.9. The van der Waals surface area contributed by atoms with E-state index in [1.54, 1.807) is 6.92 Å². The second kappa shape index (κ2) is 9.52. The number of amides is 1. The second-order valence-corrected chi connectivity index (χ2v) is 8.50. The zero-order valence-corrected chi connectivity index (χ0v) is 18.0. The minimum Gasteiger partial charge on any atom is -0.490 e. The molecular formula is C25H32N2O3. The predicted molar refractivity (Wildman–Crippen MR) is 119 cm³/mol. The van der Waals surface area contributed by atoms with Crippen molar-refractivity contribution in [2.24, 2.45) is 0 Å². The lowest BCUT2D eigenvalue weighted by molar-refractivity contribution is -0.122. The number of hydrogen-bond acceptors (Lipinski definition) is 4. The van der Waals surface area contributed by atoms with E-state index < -0.39 is 6.10 Å². The molecule has 1 amide bonds. The van der Waals surface area contributed by atoms with Gasteiger partial charge in [0.25, 0.3) is 5.91 Å². The highest BCUT2D eigenvalue weighted by atomic mass is 16.5. The number of anilines is 1. The van der Waals surface area contributed by atoms with Gasteiger partial charge in [0.05, 0.1) is 0 Å². The minimum absolute atomic E-state index is 0.146. The van der Waals surface area contributed by atoms with Crippen molar-refractivity contribution >= 4 is 11.6 Å². The molecule has 2 aliphatic rings. The number of nitrogens with one attached hydrogen (secondary N) is 1. The maximum Gasteiger partial charge on any atom is 0.265 e. The molecule has 1 aliphatic carbocycles. The number of hydrogen-bond donors (Lipinski definition) is 1. The third-order valence-corrected chi connectivity index (χ3v) is 6.12. The Morgan fingerprint density at radius 1 is 1.07 bits per heavy atom. The van der Waals surface area contributed by atoms with E-state index in [-0.39, 0.29) is 12.0 Å². The molecule has 5 nitrogen and oxygen atoms in total. The average molecular weight is 409 g/mol. The molecule has 1 N–H and O–H groups in total. The lowest BCUT2D eigenvalue weighted by atomic mass is 9.91. The van der Waals surface area contributed by atoms with Gasteiger partial charge < -0.3 is 19.7 Å². The molecule has 0 spiro atoms. The first kappa shape index (κ1) is 20.7. The Kier molecular flexibility index (Phi) is 6.58. The number of ether oxygens (including phenoxy) is 2. The van der Waals surface area contributed by atoms with E-state index in [0.29, 0.717) is 0 Å². The van der Waals surface area contributed by atoms with Gasteiger partial charge in [0, 0.05) is 18.8 Å². The molecule has 1 atom stereocenters. The van der Waals surface area contributed by atoms with Crippen molar-refractivity contribution in [1.29, 1.82) is 0 Å². The number of carbonyl (C=O) groups is 1. The highest BCUT2D eigenvalue weighted by Gasteiger charge is 2.20. The molecule has 1 heterocycles. The fourth-order valence-electron chi connectivity index (χ4n) is 4.26. The Morgan fingerprint density at radius 3 is 2.57 bits per heavy atom. The summed E-state index contributed by atoms with van der Waals surface area (Å²) in [5.74, 6) is 1.55. The number of rotatable bonds is 6. The second-order valence-electron chi connectivity index (χ2n) is 8.50. The van der Waals surface area contributed by atoms with E-state index >= 15 is 0 Å². The summed E-state index contributed by atoms with van der Waals surface area (Å²) in [5, 5.41) is 2.95. The van der Waals surface area contributed by atoms with Crippen LogP contribution < -0.4 is 14.8 Å². The van der Waals surface area contributed by atoms with E-state index in [0.717, 1.165) is 56.0 Å². The molecule has 0 bridgehead atoms. The molecule has 1 fully saturated rings. The van der Waals surface area contributed by atoms with E-state index in [9.17, 15) is 4.79 Å². The van der Waals surface area contributed by atoms with Gasteiger partial charge in [0.2, 0.25) is 0 Å². The molecule has 4 rings (SSSR count). The normalized spacial score (nSPS) is 18.3. The van der Waals surface area contributed by atoms with Crippen molar-refractivity contribution in [1.82, 2.24) is 4.90 Å². The summed E-state index contributed by atoms with van der Waals surface area (Å²) >= 11 is 0. The number of nitrogens with zero attached hydrogens (tertiary/aromatic N) is 1. The van der Waals surface area contributed by atoms with Gasteiger partial charge >= 0.3 is 0 Å². The van der Waals surface area contributed by atoms with Crippen molar-refractivity contribution in [3.8, 4) is 11.5 Å². The van der Waals surface area contributed by atoms with E-state index in [2.05, 4.69) is 23.3 Å². The quantitative estimate of drug-likeness (QED) is 0.768. The van der Waals surface area contributed by atoms with Crippen molar-refractivity contribution < 1.29 is 14.3 Å². The van der Waals surface area contributed by atoms with E-state index in [4.69, 9.17) is 9.47 Å². The summed E-state index contributed by atoms with van der Waals surface area (Å²) in [6.07, 6.45) is 6.34. The Hall–Kier alpha value is -2.53. The highest BCUT2D eigenvalue weighted by molar-refractivity contribution is 5.94. The topological polar surface area (TPSA) is 50.8 Å². The van der Waals surface area contributed by atoms with E-state index in [1.807, 2.05) is 36.4 Å². The summed E-state index contributed by atoms with van der Waals surface area (Å²) in [7, 11) is 2.14. The lowest BCUT2D eigenvalue weighted by Crippen LogP contribution is -2.35. The molecule has 5 heteroatoms. The van der Waals surface area contributed by atoms with Gasteiger partial charge in [-0.2, -0.15) is 0 Å². The first-order chi connectivity index (χ1) is 14.6. The third kappa shape index (κ3) is 5.14. The molecule has 2 aromatic rings.